The Morgan fingerprint density at radius 1 is 0.952 bits per heavy atom. The van der Waals surface area contributed by atoms with Gasteiger partial charge >= 0.3 is 0 Å². The van der Waals surface area contributed by atoms with Crippen molar-refractivity contribution in [3.8, 4) is 5.75 Å². The van der Waals surface area contributed by atoms with Gasteiger partial charge in [-0.2, -0.15) is 0 Å². The largest absolute Gasteiger partial charge is 0.493 e. The van der Waals surface area contributed by atoms with E-state index >= 15 is 0 Å². The first kappa shape index (κ1) is 18.3. The summed E-state index contributed by atoms with van der Waals surface area (Å²) in [6.45, 7) is 3.06. The highest BCUT2D eigenvalue weighted by atomic mass is 35.5. The number of nitrogens with zero attached hydrogens (tertiary/aromatic N) is 1. The highest BCUT2D eigenvalue weighted by Gasteiger charge is 1.97. The minimum atomic E-state index is 0.440. The Kier molecular flexibility index (Phi) is 11.3. The van der Waals surface area contributed by atoms with Gasteiger partial charge in [0.25, 0.3) is 0 Å². The number of unbranched alkanes of at least 4 members (excludes halogenated alkanes) is 9. The molecule has 0 aliphatic rings. The van der Waals surface area contributed by atoms with Crippen LogP contribution in [0.5, 0.6) is 5.75 Å². The Morgan fingerprint density at radius 3 is 2.19 bits per heavy atom. The molecule has 0 aromatic carbocycles. The predicted octanol–water partition coefficient (Wildman–Crippen LogP) is 6.12. The maximum absolute atomic E-state index is 5.75. The molecule has 0 unspecified atom stereocenters. The molecule has 0 aliphatic carbocycles. The summed E-state index contributed by atoms with van der Waals surface area (Å²) in [5, 5.41) is 0. The van der Waals surface area contributed by atoms with E-state index in [0.29, 0.717) is 5.88 Å². The fourth-order valence-corrected chi connectivity index (χ4v) is 2.54. The van der Waals surface area contributed by atoms with E-state index in [1.165, 1.54) is 57.8 Å². The first-order valence-corrected chi connectivity index (χ1v) is 9.04. The van der Waals surface area contributed by atoms with Crippen molar-refractivity contribution in [3.63, 3.8) is 0 Å². The Hall–Kier alpha value is -0.760. The summed E-state index contributed by atoms with van der Waals surface area (Å²) < 4.78 is 5.72. The molecule has 0 radical (unpaired) electrons. The molecule has 1 rings (SSSR count). The summed E-state index contributed by atoms with van der Waals surface area (Å²) >= 11 is 5.75. The maximum atomic E-state index is 5.75. The second-order valence-electron chi connectivity index (χ2n) is 5.65. The number of rotatable bonds is 13. The molecule has 0 saturated carbocycles. The van der Waals surface area contributed by atoms with Crippen molar-refractivity contribution in [2.45, 2.75) is 77.0 Å². The Bertz CT molecular complexity index is 357. The van der Waals surface area contributed by atoms with Crippen LogP contribution in [0, 0.1) is 0 Å². The van der Waals surface area contributed by atoms with Gasteiger partial charge in [0, 0.05) is 12.3 Å². The normalized spacial score (nSPS) is 10.8. The summed E-state index contributed by atoms with van der Waals surface area (Å²) in [4.78, 5) is 4.15. The molecule has 21 heavy (non-hydrogen) atoms. The molecular formula is C18H30ClNO. The molecule has 2 nitrogen and oxygen atoms in total. The van der Waals surface area contributed by atoms with Crippen LogP contribution >= 0.6 is 11.6 Å². The minimum Gasteiger partial charge on any atom is -0.493 e. The lowest BCUT2D eigenvalue weighted by molar-refractivity contribution is 0.303. The van der Waals surface area contributed by atoms with Crippen molar-refractivity contribution in [1.82, 2.24) is 4.98 Å². The van der Waals surface area contributed by atoms with Gasteiger partial charge in [0.2, 0.25) is 0 Å². The van der Waals surface area contributed by atoms with Crippen LogP contribution in [0.3, 0.4) is 0 Å². The van der Waals surface area contributed by atoms with Crippen molar-refractivity contribution >= 4 is 11.6 Å². The van der Waals surface area contributed by atoms with Gasteiger partial charge in [0.1, 0.15) is 5.75 Å². The zero-order chi connectivity index (χ0) is 15.2. The third kappa shape index (κ3) is 9.73. The van der Waals surface area contributed by atoms with Gasteiger partial charge in [0.15, 0.2) is 0 Å². The van der Waals surface area contributed by atoms with E-state index in [9.17, 15) is 0 Å². The number of pyridine rings is 1. The number of hydrogen-bond donors (Lipinski definition) is 0. The average Bonchev–Trinajstić information content (AvgIpc) is 2.53. The van der Waals surface area contributed by atoms with Crippen LogP contribution in [0.2, 0.25) is 0 Å². The standard InChI is InChI=1S/C18H30ClNO/c1-2-3-4-5-6-7-8-9-10-11-14-21-18-12-13-20-17(15-18)16-19/h12-13,15H,2-11,14,16H2,1H3. The monoisotopic (exact) mass is 311 g/mol. The SMILES string of the molecule is CCCCCCCCCCCCOc1ccnc(CCl)c1. The lowest BCUT2D eigenvalue weighted by Crippen LogP contribution is -1.98. The molecular weight excluding hydrogens is 282 g/mol. The van der Waals surface area contributed by atoms with Crippen molar-refractivity contribution in [3.05, 3.63) is 24.0 Å². The van der Waals surface area contributed by atoms with Crippen molar-refractivity contribution in [2.24, 2.45) is 0 Å². The zero-order valence-corrected chi connectivity index (χ0v) is 14.2. The van der Waals surface area contributed by atoms with Crippen LogP contribution in [0.15, 0.2) is 18.3 Å². The molecule has 0 atom stereocenters. The first-order chi connectivity index (χ1) is 10.4. The van der Waals surface area contributed by atoms with Crippen LogP contribution in [0.1, 0.15) is 76.8 Å². The Labute approximate surface area is 135 Å². The number of halogens is 1. The number of alkyl halides is 1. The highest BCUT2D eigenvalue weighted by Crippen LogP contribution is 2.14. The molecule has 120 valence electrons. The molecule has 0 fully saturated rings. The van der Waals surface area contributed by atoms with Gasteiger partial charge in [-0.05, 0) is 12.5 Å². The third-order valence-corrected chi connectivity index (χ3v) is 3.97. The molecule has 0 bridgehead atoms. The third-order valence-electron chi connectivity index (χ3n) is 3.69. The summed E-state index contributed by atoms with van der Waals surface area (Å²) in [6, 6.07) is 3.82. The summed E-state index contributed by atoms with van der Waals surface area (Å²) in [5.41, 5.74) is 0.872. The maximum Gasteiger partial charge on any atom is 0.122 e. The van der Waals surface area contributed by atoms with Gasteiger partial charge in [-0.1, -0.05) is 64.7 Å². The molecule has 0 N–H and O–H groups in total. The summed E-state index contributed by atoms with van der Waals surface area (Å²) in [6.07, 6.45) is 15.2. The highest BCUT2D eigenvalue weighted by molar-refractivity contribution is 6.16. The lowest BCUT2D eigenvalue weighted by atomic mass is 10.1. The van der Waals surface area contributed by atoms with Crippen molar-refractivity contribution in [1.29, 1.82) is 0 Å². The number of hydrogen-bond acceptors (Lipinski definition) is 2. The fourth-order valence-electron chi connectivity index (χ4n) is 2.40. The van der Waals surface area contributed by atoms with E-state index in [-0.39, 0.29) is 0 Å². The minimum absolute atomic E-state index is 0.440. The molecule has 1 aromatic heterocycles. The smallest absolute Gasteiger partial charge is 0.122 e. The van der Waals surface area contributed by atoms with E-state index in [4.69, 9.17) is 16.3 Å². The van der Waals surface area contributed by atoms with Gasteiger partial charge in [-0.25, -0.2) is 0 Å². The molecule has 3 heteroatoms. The molecule has 1 aromatic rings. The zero-order valence-electron chi connectivity index (χ0n) is 13.5. The van der Waals surface area contributed by atoms with Crippen LogP contribution in [-0.4, -0.2) is 11.6 Å². The van der Waals surface area contributed by atoms with Gasteiger partial charge in [-0.15, -0.1) is 11.6 Å². The molecule has 0 aliphatic heterocycles. The number of ether oxygens (including phenoxy) is 1. The summed E-state index contributed by atoms with van der Waals surface area (Å²) in [7, 11) is 0. The van der Waals surface area contributed by atoms with Crippen LogP contribution in [0.4, 0.5) is 0 Å². The Morgan fingerprint density at radius 2 is 1.57 bits per heavy atom. The second-order valence-corrected chi connectivity index (χ2v) is 5.91. The molecule has 0 saturated heterocycles. The molecule has 0 amide bonds. The van der Waals surface area contributed by atoms with Gasteiger partial charge in [0.05, 0.1) is 18.2 Å². The molecule has 0 spiro atoms. The van der Waals surface area contributed by atoms with Crippen molar-refractivity contribution in [2.75, 3.05) is 6.61 Å². The fraction of sp³-hybridized carbons (Fsp3) is 0.722. The predicted molar refractivity (Wildman–Crippen MR) is 91.1 cm³/mol. The van der Waals surface area contributed by atoms with Crippen molar-refractivity contribution < 1.29 is 4.74 Å². The Balaban J connectivity index is 1.90. The van der Waals surface area contributed by atoms with E-state index < -0.39 is 0 Å². The van der Waals surface area contributed by atoms with E-state index in [1.807, 2.05) is 12.1 Å². The number of aromatic nitrogens is 1. The van der Waals surface area contributed by atoms with E-state index in [1.54, 1.807) is 6.20 Å². The van der Waals surface area contributed by atoms with Gasteiger partial charge < -0.3 is 4.74 Å². The quantitative estimate of drug-likeness (QED) is 0.323. The first-order valence-electron chi connectivity index (χ1n) is 8.50. The molecule has 1 heterocycles. The van der Waals surface area contributed by atoms with Crippen LogP contribution in [0.25, 0.3) is 0 Å². The summed E-state index contributed by atoms with van der Waals surface area (Å²) in [5.74, 6) is 1.33. The van der Waals surface area contributed by atoms with E-state index in [0.717, 1.165) is 24.5 Å². The van der Waals surface area contributed by atoms with Crippen LogP contribution in [-0.2, 0) is 5.88 Å². The lowest BCUT2D eigenvalue weighted by Gasteiger charge is -2.07. The van der Waals surface area contributed by atoms with E-state index in [2.05, 4.69) is 11.9 Å². The second kappa shape index (κ2) is 12.9. The van der Waals surface area contributed by atoms with Gasteiger partial charge in [-0.3, -0.25) is 4.98 Å². The topological polar surface area (TPSA) is 22.1 Å². The average molecular weight is 312 g/mol. The van der Waals surface area contributed by atoms with Crippen LogP contribution < -0.4 is 4.74 Å².